The summed E-state index contributed by atoms with van der Waals surface area (Å²) >= 11 is 0. The minimum absolute atomic E-state index is 0.00927. The molecule has 1 unspecified atom stereocenters. The summed E-state index contributed by atoms with van der Waals surface area (Å²) in [5, 5.41) is 0. The molecule has 0 bridgehead atoms. The minimum atomic E-state index is -0.469. The van der Waals surface area contributed by atoms with Crippen molar-refractivity contribution in [1.29, 1.82) is 0 Å². The van der Waals surface area contributed by atoms with Crippen molar-refractivity contribution >= 4 is 23.2 Å². The van der Waals surface area contributed by atoms with Crippen molar-refractivity contribution in [1.82, 2.24) is 10.9 Å². The number of fused-ring (bicyclic) bond motifs is 1. The fraction of sp³-hybridized carbons (Fsp3) is 0.370. The Morgan fingerprint density at radius 2 is 1.79 bits per heavy atom. The largest absolute Gasteiger partial charge is 0.299 e. The molecule has 3 aliphatic carbocycles. The highest BCUT2D eigenvalue weighted by Gasteiger charge is 2.39. The van der Waals surface area contributed by atoms with Crippen LogP contribution in [0.2, 0.25) is 0 Å². The molecule has 3 aliphatic rings. The number of rotatable bonds is 5. The number of carbonyl (C=O) groups excluding carboxylic acids is 3. The van der Waals surface area contributed by atoms with E-state index in [4.69, 9.17) is 0 Å². The number of nitrogens with one attached hydrogen (secondary N) is 2. The van der Waals surface area contributed by atoms with E-state index in [0.29, 0.717) is 17.6 Å². The lowest BCUT2D eigenvalue weighted by Crippen LogP contribution is -2.43. The molecule has 2 fully saturated rings. The molecular formula is C27H27FN2O3. The maximum atomic E-state index is 14.2. The van der Waals surface area contributed by atoms with Gasteiger partial charge in [0.05, 0.1) is 0 Å². The first-order valence-corrected chi connectivity index (χ1v) is 11.6. The second-order valence-electron chi connectivity index (χ2n) is 9.45. The Hall–Kier alpha value is -3.28. The zero-order chi connectivity index (χ0) is 23.1. The van der Waals surface area contributed by atoms with E-state index in [1.807, 2.05) is 30.3 Å². The number of aryl methyl sites for hydroxylation is 1. The number of ketones is 1. The Kier molecular flexibility index (Phi) is 5.60. The average Bonchev–Trinajstić information content (AvgIpc) is 3.70. The molecule has 5 rings (SSSR count). The minimum Gasteiger partial charge on any atom is -0.299 e. The van der Waals surface area contributed by atoms with Crippen LogP contribution in [0.4, 0.5) is 4.39 Å². The Labute approximate surface area is 192 Å². The molecule has 2 aromatic rings. The zero-order valence-corrected chi connectivity index (χ0v) is 18.6. The fourth-order valence-corrected chi connectivity index (χ4v) is 4.68. The van der Waals surface area contributed by atoms with Crippen molar-refractivity contribution in [3.8, 4) is 0 Å². The van der Waals surface area contributed by atoms with Gasteiger partial charge in [0.2, 0.25) is 5.91 Å². The third-order valence-corrected chi connectivity index (χ3v) is 6.87. The van der Waals surface area contributed by atoms with E-state index in [1.54, 1.807) is 13.0 Å². The van der Waals surface area contributed by atoms with Crippen molar-refractivity contribution < 1.29 is 18.8 Å². The number of Topliss-reactive ketones (excluding diaryl/α,β-unsaturated/α-hetero) is 1. The van der Waals surface area contributed by atoms with Gasteiger partial charge in [-0.15, -0.1) is 0 Å². The predicted octanol–water partition coefficient (Wildman–Crippen LogP) is 4.15. The molecule has 33 heavy (non-hydrogen) atoms. The van der Waals surface area contributed by atoms with Crippen LogP contribution in [0, 0.1) is 24.6 Å². The first-order chi connectivity index (χ1) is 15.9. The molecule has 2 amide bonds. The van der Waals surface area contributed by atoms with Gasteiger partial charge in [-0.2, -0.15) is 0 Å². The summed E-state index contributed by atoms with van der Waals surface area (Å²) in [7, 11) is 0. The van der Waals surface area contributed by atoms with Crippen LogP contribution in [0.1, 0.15) is 60.3 Å². The summed E-state index contributed by atoms with van der Waals surface area (Å²) in [4.78, 5) is 38.7. The van der Waals surface area contributed by atoms with E-state index in [0.717, 1.165) is 47.9 Å². The third-order valence-electron chi connectivity index (χ3n) is 6.87. The molecule has 170 valence electrons. The summed E-state index contributed by atoms with van der Waals surface area (Å²) in [6.07, 6.45) is 3.98. The summed E-state index contributed by atoms with van der Waals surface area (Å²) in [5.74, 6) is -1.23. The average molecular weight is 447 g/mol. The SMILES string of the molecule is Cc1ccc(CC2C(=O)CC(C(=O)NNC(=O)C3CC3)=C(C3CC3)c3ccccc32)cc1F. The lowest BCUT2D eigenvalue weighted by molar-refractivity contribution is -0.128. The second kappa shape index (κ2) is 8.58. The van der Waals surface area contributed by atoms with Gasteiger partial charge in [0.1, 0.15) is 11.6 Å². The lowest BCUT2D eigenvalue weighted by atomic mass is 9.85. The second-order valence-corrected chi connectivity index (χ2v) is 9.45. The Balaban J connectivity index is 1.49. The molecule has 6 heteroatoms. The number of carbonyl (C=O) groups is 3. The highest BCUT2D eigenvalue weighted by molar-refractivity contribution is 6.09. The highest BCUT2D eigenvalue weighted by Crippen LogP contribution is 2.48. The molecule has 0 saturated heterocycles. The highest BCUT2D eigenvalue weighted by atomic mass is 19.1. The van der Waals surface area contributed by atoms with E-state index in [-0.39, 0.29) is 35.8 Å². The number of hydrogen-bond donors (Lipinski definition) is 2. The van der Waals surface area contributed by atoms with Crippen LogP contribution in [-0.2, 0) is 20.8 Å². The lowest BCUT2D eigenvalue weighted by Gasteiger charge is -2.18. The van der Waals surface area contributed by atoms with Gasteiger partial charge in [-0.05, 0) is 78.8 Å². The third kappa shape index (κ3) is 4.47. The number of amides is 2. The molecule has 0 aliphatic heterocycles. The standard InChI is InChI=1S/C27H27FN2O3/c1-15-6-7-16(13-23(15)28)12-21-19-4-2-3-5-20(19)25(17-8-9-17)22(14-24(21)31)27(33)30-29-26(32)18-10-11-18/h2-7,13,17-18,21H,8-12,14H2,1H3,(H,29,32)(H,30,33). The summed E-state index contributed by atoms with van der Waals surface area (Å²) in [6, 6.07) is 12.8. The molecule has 0 radical (unpaired) electrons. The molecule has 0 heterocycles. The van der Waals surface area contributed by atoms with Gasteiger partial charge in [-0.25, -0.2) is 4.39 Å². The van der Waals surface area contributed by atoms with Gasteiger partial charge in [0.25, 0.3) is 5.91 Å². The van der Waals surface area contributed by atoms with Gasteiger partial charge in [0.15, 0.2) is 0 Å². The monoisotopic (exact) mass is 446 g/mol. The Bertz CT molecular complexity index is 1180. The summed E-state index contributed by atoms with van der Waals surface area (Å²) in [5.41, 5.74) is 9.53. The maximum Gasteiger partial charge on any atom is 0.266 e. The molecule has 0 spiro atoms. The quantitative estimate of drug-likeness (QED) is 0.678. The molecule has 0 aromatic heterocycles. The Morgan fingerprint density at radius 3 is 2.48 bits per heavy atom. The van der Waals surface area contributed by atoms with Gasteiger partial charge < -0.3 is 0 Å². The molecule has 2 N–H and O–H groups in total. The number of benzene rings is 2. The van der Waals surface area contributed by atoms with E-state index >= 15 is 0 Å². The van der Waals surface area contributed by atoms with E-state index in [2.05, 4.69) is 10.9 Å². The molecule has 2 saturated carbocycles. The van der Waals surface area contributed by atoms with Gasteiger partial charge in [-0.3, -0.25) is 25.2 Å². The van der Waals surface area contributed by atoms with Crippen LogP contribution in [0.25, 0.3) is 5.57 Å². The number of hydrazine groups is 1. The number of allylic oxidation sites excluding steroid dienone is 1. The van der Waals surface area contributed by atoms with Gasteiger partial charge in [0, 0.05) is 23.8 Å². The van der Waals surface area contributed by atoms with E-state index in [9.17, 15) is 18.8 Å². The number of hydrogen-bond acceptors (Lipinski definition) is 3. The topological polar surface area (TPSA) is 75.3 Å². The van der Waals surface area contributed by atoms with Crippen molar-refractivity contribution in [2.24, 2.45) is 11.8 Å². The molecule has 5 nitrogen and oxygen atoms in total. The normalized spacial score (nSPS) is 20.2. The van der Waals surface area contributed by atoms with Crippen LogP contribution in [0.15, 0.2) is 48.0 Å². The van der Waals surface area contributed by atoms with Crippen molar-refractivity contribution in [3.63, 3.8) is 0 Å². The Morgan fingerprint density at radius 1 is 1.03 bits per heavy atom. The molecule has 1 atom stereocenters. The van der Waals surface area contributed by atoms with Crippen molar-refractivity contribution in [2.45, 2.75) is 51.4 Å². The van der Waals surface area contributed by atoms with Crippen molar-refractivity contribution in [3.05, 3.63) is 76.1 Å². The van der Waals surface area contributed by atoms with Crippen LogP contribution in [0.3, 0.4) is 0 Å². The van der Waals surface area contributed by atoms with Crippen LogP contribution < -0.4 is 10.9 Å². The van der Waals surface area contributed by atoms with Crippen LogP contribution in [-0.4, -0.2) is 17.6 Å². The smallest absolute Gasteiger partial charge is 0.266 e. The van der Waals surface area contributed by atoms with Gasteiger partial charge >= 0.3 is 0 Å². The van der Waals surface area contributed by atoms with E-state index < -0.39 is 11.8 Å². The fourth-order valence-electron chi connectivity index (χ4n) is 4.68. The summed E-state index contributed by atoms with van der Waals surface area (Å²) in [6.45, 7) is 1.71. The van der Waals surface area contributed by atoms with Crippen LogP contribution in [0.5, 0.6) is 0 Å². The van der Waals surface area contributed by atoms with Crippen molar-refractivity contribution in [2.75, 3.05) is 0 Å². The van der Waals surface area contributed by atoms with E-state index in [1.165, 1.54) is 6.07 Å². The maximum absolute atomic E-state index is 14.2. The number of halogens is 1. The molecule has 2 aromatic carbocycles. The summed E-state index contributed by atoms with van der Waals surface area (Å²) < 4.78 is 14.2. The predicted molar refractivity (Wildman–Crippen MR) is 122 cm³/mol. The van der Waals surface area contributed by atoms with Crippen LogP contribution >= 0.6 is 0 Å². The van der Waals surface area contributed by atoms with Gasteiger partial charge in [-0.1, -0.05) is 36.4 Å². The first-order valence-electron chi connectivity index (χ1n) is 11.6. The molecular weight excluding hydrogens is 419 g/mol. The first kappa shape index (κ1) is 21.6. The zero-order valence-electron chi connectivity index (χ0n) is 18.6.